The largest absolute Gasteiger partial charge is 0.451 e. The molecule has 3 N–H and O–H groups in total. The summed E-state index contributed by atoms with van der Waals surface area (Å²) in [5, 5.41) is 2.99. The number of rotatable bonds is 4. The highest BCUT2D eigenvalue weighted by molar-refractivity contribution is 5.95. The number of amides is 2. The Kier molecular flexibility index (Phi) is 3.48. The highest BCUT2D eigenvalue weighted by atomic mass is 16.3. The number of carbonyl (C=O) groups is 2. The molecule has 0 unspecified atom stereocenters. The summed E-state index contributed by atoms with van der Waals surface area (Å²) in [7, 11) is 0. The monoisotopic (exact) mass is 284 g/mol. The minimum absolute atomic E-state index is 0.0803. The maximum Gasteiger partial charge on any atom is 0.284 e. The smallest absolute Gasteiger partial charge is 0.284 e. The molecular weight excluding hydrogens is 268 g/mol. The number of benzene rings is 1. The van der Waals surface area contributed by atoms with Crippen molar-refractivity contribution in [2.45, 2.75) is 25.3 Å². The molecule has 3 rings (SSSR count). The van der Waals surface area contributed by atoms with Crippen LogP contribution in [0, 0.1) is 0 Å². The molecule has 0 radical (unpaired) electrons. The van der Waals surface area contributed by atoms with Crippen LogP contribution >= 0.6 is 0 Å². The molecule has 1 aromatic carbocycles. The van der Waals surface area contributed by atoms with Crippen molar-refractivity contribution in [3.8, 4) is 11.3 Å². The van der Waals surface area contributed by atoms with Gasteiger partial charge in [-0.1, -0.05) is 12.1 Å². The SMILES string of the molecule is NC(=O)c1ccc(-c2cccc(C(=O)NC3CCC3)c2)o1. The van der Waals surface area contributed by atoms with Gasteiger partial charge in [-0.3, -0.25) is 9.59 Å². The predicted molar refractivity (Wildman–Crippen MR) is 77.8 cm³/mol. The average molecular weight is 284 g/mol. The van der Waals surface area contributed by atoms with E-state index in [4.69, 9.17) is 10.2 Å². The molecule has 0 aliphatic heterocycles. The van der Waals surface area contributed by atoms with Crippen molar-refractivity contribution in [2.75, 3.05) is 0 Å². The first-order valence-electron chi connectivity index (χ1n) is 6.94. The number of hydrogen-bond acceptors (Lipinski definition) is 3. The lowest BCUT2D eigenvalue weighted by Crippen LogP contribution is -2.39. The van der Waals surface area contributed by atoms with E-state index in [0.29, 0.717) is 17.4 Å². The number of primary amides is 1. The van der Waals surface area contributed by atoms with Gasteiger partial charge in [-0.2, -0.15) is 0 Å². The fourth-order valence-corrected chi connectivity index (χ4v) is 2.26. The topological polar surface area (TPSA) is 85.3 Å². The number of carbonyl (C=O) groups excluding carboxylic acids is 2. The molecule has 1 aliphatic carbocycles. The van der Waals surface area contributed by atoms with E-state index in [2.05, 4.69) is 5.32 Å². The Morgan fingerprint density at radius 3 is 2.62 bits per heavy atom. The van der Waals surface area contributed by atoms with Crippen molar-refractivity contribution in [2.24, 2.45) is 5.73 Å². The Hall–Kier alpha value is -2.56. The third-order valence-corrected chi connectivity index (χ3v) is 3.70. The zero-order valence-corrected chi connectivity index (χ0v) is 11.5. The van der Waals surface area contributed by atoms with Crippen LogP contribution in [-0.2, 0) is 0 Å². The molecule has 2 aromatic rings. The standard InChI is InChI=1S/C16H16N2O3/c17-15(19)14-8-7-13(21-14)10-3-1-4-11(9-10)16(20)18-12-5-2-6-12/h1,3-4,7-9,12H,2,5-6H2,(H2,17,19)(H,18,20). The Labute approximate surface area is 122 Å². The first-order chi connectivity index (χ1) is 10.1. The Bertz CT molecular complexity index is 686. The van der Waals surface area contributed by atoms with Gasteiger partial charge in [0.2, 0.25) is 0 Å². The molecule has 5 nitrogen and oxygen atoms in total. The van der Waals surface area contributed by atoms with Gasteiger partial charge in [0.25, 0.3) is 11.8 Å². The molecule has 108 valence electrons. The predicted octanol–water partition coefficient (Wildman–Crippen LogP) is 2.33. The Morgan fingerprint density at radius 2 is 2.00 bits per heavy atom. The molecule has 1 aliphatic rings. The van der Waals surface area contributed by atoms with Gasteiger partial charge < -0.3 is 15.5 Å². The maximum atomic E-state index is 12.1. The van der Waals surface area contributed by atoms with Crippen LogP contribution in [-0.4, -0.2) is 17.9 Å². The molecule has 1 fully saturated rings. The van der Waals surface area contributed by atoms with Crippen molar-refractivity contribution < 1.29 is 14.0 Å². The Balaban J connectivity index is 1.81. The summed E-state index contributed by atoms with van der Waals surface area (Å²) in [6.07, 6.45) is 3.27. The summed E-state index contributed by atoms with van der Waals surface area (Å²) in [4.78, 5) is 23.2. The normalized spacial score (nSPS) is 14.5. The van der Waals surface area contributed by atoms with Crippen LogP contribution in [0.1, 0.15) is 40.2 Å². The quantitative estimate of drug-likeness (QED) is 0.903. The molecule has 21 heavy (non-hydrogen) atoms. The van der Waals surface area contributed by atoms with E-state index in [0.717, 1.165) is 18.4 Å². The van der Waals surface area contributed by atoms with Gasteiger partial charge in [0.05, 0.1) is 0 Å². The Morgan fingerprint density at radius 1 is 1.19 bits per heavy atom. The molecule has 0 bridgehead atoms. The van der Waals surface area contributed by atoms with Crippen molar-refractivity contribution in [1.82, 2.24) is 5.32 Å². The van der Waals surface area contributed by atoms with E-state index in [1.54, 1.807) is 24.3 Å². The van der Waals surface area contributed by atoms with Crippen LogP contribution < -0.4 is 11.1 Å². The van der Waals surface area contributed by atoms with Crippen molar-refractivity contribution in [1.29, 1.82) is 0 Å². The summed E-state index contributed by atoms with van der Waals surface area (Å²) in [5.74, 6) is -0.0696. The molecule has 1 saturated carbocycles. The molecule has 1 aromatic heterocycles. The second-order valence-corrected chi connectivity index (χ2v) is 5.21. The van der Waals surface area contributed by atoms with E-state index in [1.807, 2.05) is 6.07 Å². The van der Waals surface area contributed by atoms with Gasteiger partial charge in [0.15, 0.2) is 5.76 Å². The van der Waals surface area contributed by atoms with Crippen LogP contribution in [0.2, 0.25) is 0 Å². The zero-order chi connectivity index (χ0) is 14.8. The van der Waals surface area contributed by atoms with Crippen molar-refractivity contribution in [3.05, 3.63) is 47.7 Å². The summed E-state index contributed by atoms with van der Waals surface area (Å²) < 4.78 is 5.37. The molecule has 0 atom stereocenters. The minimum atomic E-state index is -0.611. The number of nitrogens with one attached hydrogen (secondary N) is 1. The van der Waals surface area contributed by atoms with Gasteiger partial charge in [-0.15, -0.1) is 0 Å². The maximum absolute atomic E-state index is 12.1. The molecular formula is C16H16N2O3. The van der Waals surface area contributed by atoms with Crippen molar-refractivity contribution >= 4 is 11.8 Å². The third kappa shape index (κ3) is 2.81. The zero-order valence-electron chi connectivity index (χ0n) is 11.5. The highest BCUT2D eigenvalue weighted by Gasteiger charge is 2.20. The summed E-state index contributed by atoms with van der Waals surface area (Å²) in [5.41, 5.74) is 6.48. The molecule has 5 heteroatoms. The van der Waals surface area contributed by atoms with Gasteiger partial charge in [0.1, 0.15) is 5.76 Å². The summed E-state index contributed by atoms with van der Waals surface area (Å²) in [6.45, 7) is 0. The van der Waals surface area contributed by atoms with Gasteiger partial charge in [0, 0.05) is 17.2 Å². The molecule has 2 amide bonds. The highest BCUT2D eigenvalue weighted by Crippen LogP contribution is 2.24. The second-order valence-electron chi connectivity index (χ2n) is 5.21. The fourth-order valence-electron chi connectivity index (χ4n) is 2.26. The lowest BCUT2D eigenvalue weighted by atomic mass is 9.93. The van der Waals surface area contributed by atoms with Crippen LogP contribution in [0.25, 0.3) is 11.3 Å². The van der Waals surface area contributed by atoms with Crippen LogP contribution in [0.15, 0.2) is 40.8 Å². The first-order valence-corrected chi connectivity index (χ1v) is 6.94. The first kappa shape index (κ1) is 13.4. The average Bonchev–Trinajstić information content (AvgIpc) is 2.93. The van der Waals surface area contributed by atoms with E-state index < -0.39 is 5.91 Å². The number of nitrogens with two attached hydrogens (primary N) is 1. The van der Waals surface area contributed by atoms with Crippen LogP contribution in [0.5, 0.6) is 0 Å². The lowest BCUT2D eigenvalue weighted by molar-refractivity contribution is 0.0915. The van der Waals surface area contributed by atoms with E-state index in [-0.39, 0.29) is 11.7 Å². The van der Waals surface area contributed by atoms with Gasteiger partial charge >= 0.3 is 0 Å². The van der Waals surface area contributed by atoms with E-state index in [9.17, 15) is 9.59 Å². The summed E-state index contributed by atoms with van der Waals surface area (Å²) >= 11 is 0. The van der Waals surface area contributed by atoms with Gasteiger partial charge in [-0.25, -0.2) is 0 Å². The number of hydrogen-bond donors (Lipinski definition) is 2. The second kappa shape index (κ2) is 5.44. The summed E-state index contributed by atoms with van der Waals surface area (Å²) in [6, 6.07) is 10.6. The van der Waals surface area contributed by atoms with Crippen LogP contribution in [0.4, 0.5) is 0 Å². The van der Waals surface area contributed by atoms with E-state index >= 15 is 0 Å². The minimum Gasteiger partial charge on any atom is -0.451 e. The third-order valence-electron chi connectivity index (χ3n) is 3.70. The fraction of sp³-hybridized carbons (Fsp3) is 0.250. The van der Waals surface area contributed by atoms with E-state index in [1.165, 1.54) is 12.5 Å². The van der Waals surface area contributed by atoms with Gasteiger partial charge in [-0.05, 0) is 43.5 Å². The van der Waals surface area contributed by atoms with Crippen LogP contribution in [0.3, 0.4) is 0 Å². The molecule has 1 heterocycles. The lowest BCUT2D eigenvalue weighted by Gasteiger charge is -2.26. The van der Waals surface area contributed by atoms with Crippen molar-refractivity contribution in [3.63, 3.8) is 0 Å². The molecule has 0 saturated heterocycles. The number of furan rings is 1. The molecule has 0 spiro atoms.